The lowest BCUT2D eigenvalue weighted by Crippen LogP contribution is -2.68. The normalized spacial score (nSPS) is 45.5. The van der Waals surface area contributed by atoms with Gasteiger partial charge in [-0.2, -0.15) is 0 Å². The molecule has 158 valence electrons. The van der Waals surface area contributed by atoms with E-state index < -0.39 is 80.5 Å². The minimum absolute atomic E-state index is 0.484. The molecule has 0 unspecified atom stereocenters. The van der Waals surface area contributed by atoms with Crippen molar-refractivity contribution in [1.82, 2.24) is 5.32 Å². The largest absolute Gasteiger partial charge is 0.394 e. The number of amides is 1. The number of rotatable bonds is 6. The second kappa shape index (κ2) is 9.52. The van der Waals surface area contributed by atoms with Gasteiger partial charge in [0.15, 0.2) is 12.6 Å². The number of ether oxygens (including phenoxy) is 4. The molecule has 1 amide bonds. The summed E-state index contributed by atoms with van der Waals surface area (Å²) in [5.41, 5.74) is 0. The van der Waals surface area contributed by atoms with Crippen molar-refractivity contribution < 1.29 is 54.4 Å². The smallest absolute Gasteiger partial charge is 0.217 e. The lowest BCUT2D eigenvalue weighted by atomic mass is 9.95. The zero-order valence-electron chi connectivity index (χ0n) is 14.9. The molecule has 0 aromatic carbocycles. The molecule has 0 aromatic rings. The SMILES string of the molecule is CO[C@H]1O[C@H](CO)[C@H](O)[C@H](O[C@@H]2O[C@H](CO)[C@H](O)[C@H](O)[C@H]2O)[C@H]1NC(C)=O. The van der Waals surface area contributed by atoms with Gasteiger partial charge in [-0.15, -0.1) is 0 Å². The second-order valence-electron chi connectivity index (χ2n) is 6.48. The van der Waals surface area contributed by atoms with Crippen LogP contribution in [0.2, 0.25) is 0 Å². The summed E-state index contributed by atoms with van der Waals surface area (Å²) in [7, 11) is 1.29. The van der Waals surface area contributed by atoms with E-state index in [4.69, 9.17) is 18.9 Å². The first kappa shape index (κ1) is 22.4. The van der Waals surface area contributed by atoms with E-state index in [0.717, 1.165) is 0 Å². The summed E-state index contributed by atoms with van der Waals surface area (Å²) in [5, 5.41) is 61.5. The highest BCUT2D eigenvalue weighted by Crippen LogP contribution is 2.29. The minimum atomic E-state index is -1.70. The highest BCUT2D eigenvalue weighted by molar-refractivity contribution is 5.73. The van der Waals surface area contributed by atoms with Crippen LogP contribution in [0.4, 0.5) is 0 Å². The number of hydrogen-bond donors (Lipinski definition) is 7. The molecule has 27 heavy (non-hydrogen) atoms. The molecule has 2 aliphatic heterocycles. The molecule has 2 saturated heterocycles. The fraction of sp³-hybridized carbons (Fsp3) is 0.933. The molecule has 12 heteroatoms. The van der Waals surface area contributed by atoms with Crippen LogP contribution in [0.3, 0.4) is 0 Å². The molecule has 10 atom stereocenters. The molecule has 0 bridgehead atoms. The standard InChI is InChI=1S/C15H27NO11/c1-5(19)16-8-13(10(21)7(4-18)25-14(8)24-2)27-15-12(23)11(22)9(20)6(3-17)26-15/h6-15,17-18,20-23H,3-4H2,1-2H3,(H,16,19)/t6-,7-,8-,9+,10+,11+,12-,13-,14+,15+/m1/s1. The summed E-state index contributed by atoms with van der Waals surface area (Å²) in [4.78, 5) is 11.5. The zero-order valence-corrected chi connectivity index (χ0v) is 14.9. The lowest BCUT2D eigenvalue weighted by molar-refractivity contribution is -0.343. The Balaban J connectivity index is 2.25. The van der Waals surface area contributed by atoms with E-state index in [0.29, 0.717) is 0 Å². The van der Waals surface area contributed by atoms with Gasteiger partial charge < -0.3 is 54.9 Å². The zero-order chi connectivity index (χ0) is 20.3. The predicted octanol–water partition coefficient (Wildman–Crippen LogP) is -4.60. The number of methoxy groups -OCH3 is 1. The Labute approximate surface area is 155 Å². The minimum Gasteiger partial charge on any atom is -0.394 e. The summed E-state index contributed by atoms with van der Waals surface area (Å²) >= 11 is 0. The summed E-state index contributed by atoms with van der Waals surface area (Å²) in [6.45, 7) is -0.0132. The van der Waals surface area contributed by atoms with Gasteiger partial charge >= 0.3 is 0 Å². The first-order chi connectivity index (χ1) is 12.7. The van der Waals surface area contributed by atoms with Crippen LogP contribution in [0, 0.1) is 0 Å². The van der Waals surface area contributed by atoms with Gasteiger partial charge in [0.05, 0.1) is 13.2 Å². The average molecular weight is 397 g/mol. The summed E-state index contributed by atoms with van der Waals surface area (Å²) < 4.78 is 21.4. The van der Waals surface area contributed by atoms with E-state index in [-0.39, 0.29) is 0 Å². The highest BCUT2D eigenvalue weighted by atomic mass is 16.7. The van der Waals surface area contributed by atoms with Crippen LogP contribution in [0.15, 0.2) is 0 Å². The van der Waals surface area contributed by atoms with Crippen LogP contribution in [-0.2, 0) is 23.7 Å². The Morgan fingerprint density at radius 2 is 1.48 bits per heavy atom. The van der Waals surface area contributed by atoms with Gasteiger partial charge in [0.25, 0.3) is 0 Å². The molecular formula is C15H27NO11. The Morgan fingerprint density at radius 3 is 2.00 bits per heavy atom. The first-order valence-electron chi connectivity index (χ1n) is 8.45. The number of carbonyl (C=O) groups is 1. The van der Waals surface area contributed by atoms with Crippen LogP contribution in [0.1, 0.15) is 6.92 Å². The van der Waals surface area contributed by atoms with Crippen molar-refractivity contribution in [2.45, 2.75) is 68.3 Å². The Hall–Kier alpha value is -0.930. The molecule has 2 heterocycles. The molecule has 0 aliphatic carbocycles. The molecule has 12 nitrogen and oxygen atoms in total. The van der Waals surface area contributed by atoms with Gasteiger partial charge in [-0.3, -0.25) is 4.79 Å². The van der Waals surface area contributed by atoms with Gasteiger partial charge in [0.2, 0.25) is 5.91 Å². The van der Waals surface area contributed by atoms with Crippen molar-refractivity contribution in [2.24, 2.45) is 0 Å². The van der Waals surface area contributed by atoms with Crippen molar-refractivity contribution >= 4 is 5.91 Å². The van der Waals surface area contributed by atoms with Crippen LogP contribution >= 0.6 is 0 Å². The Bertz CT molecular complexity index is 492. The predicted molar refractivity (Wildman–Crippen MR) is 85.0 cm³/mol. The number of hydrogen-bond acceptors (Lipinski definition) is 11. The Morgan fingerprint density at radius 1 is 0.926 bits per heavy atom. The number of carbonyl (C=O) groups excluding carboxylic acids is 1. The van der Waals surface area contributed by atoms with Crippen molar-refractivity contribution in [3.05, 3.63) is 0 Å². The highest BCUT2D eigenvalue weighted by Gasteiger charge is 2.51. The number of nitrogens with one attached hydrogen (secondary N) is 1. The van der Waals surface area contributed by atoms with Crippen LogP contribution < -0.4 is 5.32 Å². The van der Waals surface area contributed by atoms with Crippen molar-refractivity contribution in [2.75, 3.05) is 20.3 Å². The van der Waals surface area contributed by atoms with E-state index in [1.807, 2.05) is 0 Å². The summed E-state index contributed by atoms with van der Waals surface area (Å²) in [6.07, 6.45) is -12.7. The van der Waals surface area contributed by atoms with Crippen molar-refractivity contribution in [3.63, 3.8) is 0 Å². The summed E-state index contributed by atoms with van der Waals surface area (Å²) in [6, 6.07) is -1.04. The van der Waals surface area contributed by atoms with E-state index in [1.54, 1.807) is 0 Å². The van der Waals surface area contributed by atoms with Gasteiger partial charge in [-0.1, -0.05) is 0 Å². The maximum Gasteiger partial charge on any atom is 0.217 e. The molecule has 0 radical (unpaired) electrons. The molecule has 7 N–H and O–H groups in total. The maximum atomic E-state index is 11.5. The third-order valence-electron chi connectivity index (χ3n) is 4.60. The quantitative estimate of drug-likeness (QED) is 0.228. The average Bonchev–Trinajstić information content (AvgIpc) is 2.64. The topological polar surface area (TPSA) is 187 Å². The van der Waals surface area contributed by atoms with Crippen molar-refractivity contribution in [3.8, 4) is 0 Å². The first-order valence-corrected chi connectivity index (χ1v) is 8.45. The maximum absolute atomic E-state index is 11.5. The van der Waals surface area contributed by atoms with Crippen LogP contribution in [0.25, 0.3) is 0 Å². The fourth-order valence-corrected chi connectivity index (χ4v) is 3.15. The monoisotopic (exact) mass is 397 g/mol. The fourth-order valence-electron chi connectivity index (χ4n) is 3.15. The van der Waals surface area contributed by atoms with Crippen LogP contribution in [0.5, 0.6) is 0 Å². The molecule has 2 fully saturated rings. The van der Waals surface area contributed by atoms with Gasteiger partial charge in [-0.05, 0) is 0 Å². The summed E-state index contributed by atoms with van der Waals surface area (Å²) in [5.74, 6) is -0.484. The third kappa shape index (κ3) is 4.74. The second-order valence-corrected chi connectivity index (χ2v) is 6.48. The van der Waals surface area contributed by atoms with E-state index in [1.165, 1.54) is 14.0 Å². The van der Waals surface area contributed by atoms with E-state index in [9.17, 15) is 35.4 Å². The molecule has 2 aliphatic rings. The van der Waals surface area contributed by atoms with E-state index >= 15 is 0 Å². The molecule has 0 aromatic heterocycles. The van der Waals surface area contributed by atoms with Gasteiger partial charge in [-0.25, -0.2) is 0 Å². The van der Waals surface area contributed by atoms with Crippen molar-refractivity contribution in [1.29, 1.82) is 0 Å². The third-order valence-corrected chi connectivity index (χ3v) is 4.60. The van der Waals surface area contributed by atoms with E-state index in [2.05, 4.69) is 5.32 Å². The Kier molecular flexibility index (Phi) is 7.88. The lowest BCUT2D eigenvalue weighted by Gasteiger charge is -2.47. The van der Waals surface area contributed by atoms with Gasteiger partial charge in [0.1, 0.15) is 48.8 Å². The molecule has 0 spiro atoms. The molecule has 2 rings (SSSR count). The van der Waals surface area contributed by atoms with Crippen LogP contribution in [-0.4, -0.2) is 118 Å². The molecule has 0 saturated carbocycles. The van der Waals surface area contributed by atoms with Gasteiger partial charge in [0, 0.05) is 14.0 Å². The molecular weight excluding hydrogens is 370 g/mol. The number of aliphatic hydroxyl groups excluding tert-OH is 6. The number of aliphatic hydroxyl groups is 6.